The molecule has 0 radical (unpaired) electrons. The van der Waals surface area contributed by atoms with Gasteiger partial charge in [0.1, 0.15) is 0 Å². The maximum Gasteiger partial charge on any atom is 0.327 e. The number of hydrazine groups is 1. The van der Waals surface area contributed by atoms with Crippen molar-refractivity contribution in [3.63, 3.8) is 0 Å². The van der Waals surface area contributed by atoms with Crippen molar-refractivity contribution < 1.29 is 5.11 Å². The molecule has 0 fully saturated rings. The quantitative estimate of drug-likeness (QED) is 0.309. The molecule has 0 saturated carbocycles. The minimum absolute atomic E-state index is 0.165. The first-order valence-corrected chi connectivity index (χ1v) is 4.20. The fourth-order valence-corrected chi connectivity index (χ4v) is 1.05. The highest BCUT2D eigenvalue weighted by Gasteiger charge is 2.12. The normalized spacial score (nSPS) is 12.4. The van der Waals surface area contributed by atoms with Gasteiger partial charge in [-0.1, -0.05) is 13.0 Å². The SMILES string of the molecule is C=CC(C)CN(N)c1[nH]c(=O)[nH]c1O. The van der Waals surface area contributed by atoms with Crippen molar-refractivity contribution in [3.8, 4) is 5.88 Å². The third kappa shape index (κ3) is 2.17. The van der Waals surface area contributed by atoms with Crippen molar-refractivity contribution in [1.82, 2.24) is 9.97 Å². The summed E-state index contributed by atoms with van der Waals surface area (Å²) in [6.45, 7) is 6.00. The Kier molecular flexibility index (Phi) is 2.98. The van der Waals surface area contributed by atoms with Crippen LogP contribution in [0.2, 0.25) is 0 Å². The lowest BCUT2D eigenvalue weighted by Gasteiger charge is -2.18. The lowest BCUT2D eigenvalue weighted by molar-refractivity contribution is 0.453. The van der Waals surface area contributed by atoms with Gasteiger partial charge in [0, 0.05) is 6.54 Å². The van der Waals surface area contributed by atoms with Crippen LogP contribution < -0.4 is 16.5 Å². The maximum atomic E-state index is 10.8. The summed E-state index contributed by atoms with van der Waals surface area (Å²) in [6, 6.07) is 0. The average molecular weight is 198 g/mol. The van der Waals surface area contributed by atoms with Gasteiger partial charge in [0.05, 0.1) is 0 Å². The summed E-state index contributed by atoms with van der Waals surface area (Å²) in [6.07, 6.45) is 1.74. The zero-order chi connectivity index (χ0) is 10.7. The van der Waals surface area contributed by atoms with Crippen molar-refractivity contribution in [3.05, 3.63) is 23.1 Å². The maximum absolute atomic E-state index is 10.8. The number of nitrogens with two attached hydrogens (primary N) is 1. The molecule has 6 nitrogen and oxygen atoms in total. The minimum Gasteiger partial charge on any atom is -0.492 e. The molecule has 14 heavy (non-hydrogen) atoms. The fourth-order valence-electron chi connectivity index (χ4n) is 1.05. The van der Waals surface area contributed by atoms with Crippen molar-refractivity contribution >= 4 is 5.82 Å². The molecule has 5 N–H and O–H groups in total. The molecule has 78 valence electrons. The zero-order valence-electron chi connectivity index (χ0n) is 7.95. The van der Waals surface area contributed by atoms with Gasteiger partial charge < -0.3 is 5.11 Å². The first-order valence-electron chi connectivity index (χ1n) is 4.20. The Morgan fingerprint density at radius 2 is 2.36 bits per heavy atom. The summed E-state index contributed by atoms with van der Waals surface area (Å²) in [5.74, 6) is 5.71. The molecule has 1 heterocycles. The summed E-state index contributed by atoms with van der Waals surface area (Å²) in [5.41, 5.74) is -0.487. The van der Waals surface area contributed by atoms with Gasteiger partial charge in [0.2, 0.25) is 5.88 Å². The van der Waals surface area contributed by atoms with Crippen molar-refractivity contribution in [2.24, 2.45) is 11.8 Å². The van der Waals surface area contributed by atoms with Crippen LogP contribution in [0.15, 0.2) is 17.4 Å². The number of H-pyrrole nitrogens is 2. The number of nitrogens with zero attached hydrogens (tertiary/aromatic N) is 1. The Labute approximate surface area is 81.0 Å². The van der Waals surface area contributed by atoms with Gasteiger partial charge in [-0.3, -0.25) is 15.0 Å². The molecule has 1 atom stereocenters. The Morgan fingerprint density at radius 1 is 1.71 bits per heavy atom. The van der Waals surface area contributed by atoms with Crippen LogP contribution in [0.3, 0.4) is 0 Å². The van der Waals surface area contributed by atoms with Gasteiger partial charge in [-0.15, -0.1) is 6.58 Å². The minimum atomic E-state index is -0.487. The molecule has 1 unspecified atom stereocenters. The van der Waals surface area contributed by atoms with Gasteiger partial charge in [0.25, 0.3) is 0 Å². The first kappa shape index (κ1) is 10.4. The highest BCUT2D eigenvalue weighted by molar-refractivity contribution is 5.45. The molecule has 0 aliphatic carbocycles. The molecule has 0 saturated heterocycles. The first-order chi connectivity index (χ1) is 6.54. The molecule has 0 spiro atoms. The molecule has 1 aromatic heterocycles. The van der Waals surface area contributed by atoms with E-state index < -0.39 is 5.69 Å². The van der Waals surface area contributed by atoms with E-state index in [1.807, 2.05) is 6.92 Å². The van der Waals surface area contributed by atoms with Crippen molar-refractivity contribution in [2.75, 3.05) is 11.6 Å². The Bertz CT molecular complexity index is 368. The van der Waals surface area contributed by atoms with E-state index in [-0.39, 0.29) is 17.6 Å². The summed E-state index contributed by atoms with van der Waals surface area (Å²) in [7, 11) is 0. The molecule has 6 heteroatoms. The second kappa shape index (κ2) is 4.01. The Balaban J connectivity index is 2.78. The number of anilines is 1. The van der Waals surface area contributed by atoms with Crippen LogP contribution in [0.5, 0.6) is 5.88 Å². The monoisotopic (exact) mass is 198 g/mol. The van der Waals surface area contributed by atoms with Crippen LogP contribution in [-0.4, -0.2) is 21.6 Å². The standard InChI is InChI=1S/C8H14N4O2/c1-3-5(2)4-12(9)6-7(13)11-8(14)10-6/h3,5,13H,1,4,9H2,2H3,(H2,10,11,14). The average Bonchev–Trinajstić information content (AvgIpc) is 2.45. The smallest absolute Gasteiger partial charge is 0.327 e. The second-order valence-electron chi connectivity index (χ2n) is 3.14. The molecule has 0 amide bonds. The van der Waals surface area contributed by atoms with E-state index >= 15 is 0 Å². The van der Waals surface area contributed by atoms with Gasteiger partial charge in [-0.25, -0.2) is 10.6 Å². The third-order valence-corrected chi connectivity index (χ3v) is 1.86. The van der Waals surface area contributed by atoms with Gasteiger partial charge in [0.15, 0.2) is 5.82 Å². The van der Waals surface area contributed by atoms with E-state index in [9.17, 15) is 9.90 Å². The summed E-state index contributed by atoms with van der Waals surface area (Å²) in [5, 5.41) is 10.5. The van der Waals surface area contributed by atoms with Crippen molar-refractivity contribution in [1.29, 1.82) is 0 Å². The zero-order valence-corrected chi connectivity index (χ0v) is 7.95. The van der Waals surface area contributed by atoms with E-state index in [2.05, 4.69) is 16.5 Å². The van der Waals surface area contributed by atoms with Crippen LogP contribution in [0.25, 0.3) is 0 Å². The van der Waals surface area contributed by atoms with E-state index in [1.54, 1.807) is 6.08 Å². The van der Waals surface area contributed by atoms with Gasteiger partial charge >= 0.3 is 5.69 Å². The molecule has 0 bridgehead atoms. The highest BCUT2D eigenvalue weighted by Crippen LogP contribution is 2.17. The van der Waals surface area contributed by atoms with Crippen LogP contribution in [0, 0.1) is 5.92 Å². The number of aromatic hydroxyl groups is 1. The topological polar surface area (TPSA) is 98.1 Å². The van der Waals surface area contributed by atoms with E-state index in [1.165, 1.54) is 5.01 Å². The number of rotatable bonds is 4. The van der Waals surface area contributed by atoms with Gasteiger partial charge in [-0.2, -0.15) is 0 Å². The Hall–Kier alpha value is -1.69. The molecular formula is C8H14N4O2. The Morgan fingerprint density at radius 3 is 2.79 bits per heavy atom. The van der Waals surface area contributed by atoms with Crippen molar-refractivity contribution in [2.45, 2.75) is 6.92 Å². The molecule has 0 aliphatic rings. The number of hydrogen-bond acceptors (Lipinski definition) is 4. The predicted molar refractivity (Wildman–Crippen MR) is 54.0 cm³/mol. The third-order valence-electron chi connectivity index (χ3n) is 1.86. The number of hydrogen-bond donors (Lipinski definition) is 4. The fraction of sp³-hybridized carbons (Fsp3) is 0.375. The number of aromatic amines is 2. The lowest BCUT2D eigenvalue weighted by atomic mass is 10.2. The molecular weight excluding hydrogens is 184 g/mol. The molecule has 0 aromatic carbocycles. The molecule has 0 aliphatic heterocycles. The van der Waals surface area contributed by atoms with Gasteiger partial charge in [-0.05, 0) is 5.92 Å². The predicted octanol–water partition coefficient (Wildman–Crippen LogP) is -0.0892. The highest BCUT2D eigenvalue weighted by atomic mass is 16.3. The van der Waals surface area contributed by atoms with Crippen LogP contribution >= 0.6 is 0 Å². The number of imidazole rings is 1. The lowest BCUT2D eigenvalue weighted by Crippen LogP contribution is -2.35. The largest absolute Gasteiger partial charge is 0.492 e. The summed E-state index contributed by atoms with van der Waals surface area (Å²) >= 11 is 0. The molecule has 1 aromatic rings. The number of nitrogens with one attached hydrogen (secondary N) is 2. The number of aromatic nitrogens is 2. The van der Waals surface area contributed by atoms with Crippen LogP contribution in [0.4, 0.5) is 5.82 Å². The summed E-state index contributed by atoms with van der Waals surface area (Å²) in [4.78, 5) is 15.4. The van der Waals surface area contributed by atoms with Crippen LogP contribution in [-0.2, 0) is 0 Å². The van der Waals surface area contributed by atoms with E-state index in [4.69, 9.17) is 5.84 Å². The van der Waals surface area contributed by atoms with E-state index in [0.717, 1.165) is 0 Å². The summed E-state index contributed by atoms with van der Waals surface area (Å²) < 4.78 is 0. The molecule has 1 rings (SSSR count). The van der Waals surface area contributed by atoms with E-state index in [0.29, 0.717) is 6.54 Å². The second-order valence-corrected chi connectivity index (χ2v) is 3.14. The van der Waals surface area contributed by atoms with Crippen LogP contribution in [0.1, 0.15) is 6.92 Å².